The lowest BCUT2D eigenvalue weighted by Gasteiger charge is -2.33. The Hall–Kier alpha value is -1.58. The Morgan fingerprint density at radius 1 is 1.23 bits per heavy atom. The van der Waals surface area contributed by atoms with Crippen LogP contribution in [0, 0.1) is 17.7 Å². The Bertz CT molecular complexity index is 540. The maximum Gasteiger partial charge on any atom is 0.227 e. The molecule has 1 aliphatic heterocycles. The summed E-state index contributed by atoms with van der Waals surface area (Å²) in [5.74, 6) is 0.509. The number of hydrogen-bond acceptors (Lipinski definition) is 2. The van der Waals surface area contributed by atoms with Crippen molar-refractivity contribution in [2.45, 2.75) is 45.4 Å². The van der Waals surface area contributed by atoms with Crippen molar-refractivity contribution in [3.63, 3.8) is 0 Å². The molecule has 0 bridgehead atoms. The highest BCUT2D eigenvalue weighted by molar-refractivity contribution is 5.92. The Morgan fingerprint density at radius 2 is 2.00 bits per heavy atom. The SMILES string of the molecule is CC1CCCN(c2ccc(NC(=O)C3CCCC3)cc2F)C1. The summed E-state index contributed by atoms with van der Waals surface area (Å²) in [5, 5.41) is 2.87. The minimum atomic E-state index is -0.238. The maximum absolute atomic E-state index is 14.4. The van der Waals surface area contributed by atoms with Gasteiger partial charge < -0.3 is 10.2 Å². The Morgan fingerprint density at radius 3 is 2.68 bits per heavy atom. The largest absolute Gasteiger partial charge is 0.369 e. The first-order valence-corrected chi connectivity index (χ1v) is 8.49. The second kappa shape index (κ2) is 6.67. The van der Waals surface area contributed by atoms with Gasteiger partial charge in [0.05, 0.1) is 5.69 Å². The fourth-order valence-electron chi connectivity index (χ4n) is 3.68. The number of amides is 1. The molecule has 1 aliphatic carbocycles. The van der Waals surface area contributed by atoms with Gasteiger partial charge >= 0.3 is 0 Å². The number of piperidine rings is 1. The summed E-state index contributed by atoms with van der Waals surface area (Å²) in [6.07, 6.45) is 6.49. The van der Waals surface area contributed by atoms with Crippen LogP contribution in [0.15, 0.2) is 18.2 Å². The summed E-state index contributed by atoms with van der Waals surface area (Å²) >= 11 is 0. The van der Waals surface area contributed by atoms with E-state index in [1.807, 2.05) is 6.07 Å². The number of halogens is 1. The molecule has 2 aliphatic rings. The van der Waals surface area contributed by atoms with Gasteiger partial charge in [-0.1, -0.05) is 19.8 Å². The molecule has 1 N–H and O–H groups in total. The van der Waals surface area contributed by atoms with E-state index < -0.39 is 0 Å². The highest BCUT2D eigenvalue weighted by Crippen LogP contribution is 2.29. The number of hydrogen-bond donors (Lipinski definition) is 1. The highest BCUT2D eigenvalue weighted by Gasteiger charge is 2.23. The van der Waals surface area contributed by atoms with Crippen molar-refractivity contribution in [1.82, 2.24) is 0 Å². The number of benzene rings is 1. The number of rotatable bonds is 3. The highest BCUT2D eigenvalue weighted by atomic mass is 19.1. The first kappa shape index (κ1) is 15.3. The van der Waals surface area contributed by atoms with E-state index in [0.717, 1.165) is 45.2 Å². The van der Waals surface area contributed by atoms with Gasteiger partial charge in [-0.05, 0) is 49.8 Å². The van der Waals surface area contributed by atoms with Crippen LogP contribution in [0.1, 0.15) is 45.4 Å². The molecular formula is C18H25FN2O. The molecule has 0 aromatic heterocycles. The maximum atomic E-state index is 14.4. The zero-order chi connectivity index (χ0) is 15.5. The first-order valence-electron chi connectivity index (χ1n) is 8.49. The molecule has 3 rings (SSSR count). The fraction of sp³-hybridized carbons (Fsp3) is 0.611. The molecule has 2 fully saturated rings. The summed E-state index contributed by atoms with van der Waals surface area (Å²) in [7, 11) is 0. The number of anilines is 2. The Kier molecular flexibility index (Phi) is 4.65. The van der Waals surface area contributed by atoms with Gasteiger partial charge in [0.2, 0.25) is 5.91 Å². The summed E-state index contributed by atoms with van der Waals surface area (Å²) in [5.41, 5.74) is 1.23. The van der Waals surface area contributed by atoms with Crippen LogP contribution in [0.4, 0.5) is 15.8 Å². The lowest BCUT2D eigenvalue weighted by atomic mass is 9.99. The van der Waals surface area contributed by atoms with Crippen molar-refractivity contribution >= 4 is 17.3 Å². The molecule has 1 aromatic rings. The van der Waals surface area contributed by atoms with Crippen LogP contribution in [0.25, 0.3) is 0 Å². The van der Waals surface area contributed by atoms with Crippen molar-refractivity contribution in [2.75, 3.05) is 23.3 Å². The van der Waals surface area contributed by atoms with Gasteiger partial charge in [0, 0.05) is 24.7 Å². The average molecular weight is 304 g/mol. The lowest BCUT2D eigenvalue weighted by molar-refractivity contribution is -0.119. The van der Waals surface area contributed by atoms with Crippen molar-refractivity contribution in [2.24, 2.45) is 11.8 Å². The van der Waals surface area contributed by atoms with Crippen molar-refractivity contribution in [3.8, 4) is 0 Å². The minimum Gasteiger partial charge on any atom is -0.369 e. The third-order valence-electron chi connectivity index (χ3n) is 4.94. The van der Waals surface area contributed by atoms with Crippen LogP contribution < -0.4 is 10.2 Å². The molecule has 0 spiro atoms. The number of carbonyl (C=O) groups is 1. The zero-order valence-corrected chi connectivity index (χ0v) is 13.3. The predicted molar refractivity (Wildman–Crippen MR) is 87.6 cm³/mol. The van der Waals surface area contributed by atoms with E-state index >= 15 is 0 Å². The summed E-state index contributed by atoms with van der Waals surface area (Å²) < 4.78 is 14.4. The molecule has 1 aromatic carbocycles. The Labute approximate surface area is 131 Å². The number of nitrogens with one attached hydrogen (secondary N) is 1. The predicted octanol–water partition coefficient (Wildman–Crippen LogP) is 4.19. The van der Waals surface area contributed by atoms with Crippen LogP contribution >= 0.6 is 0 Å². The van der Waals surface area contributed by atoms with Crippen molar-refractivity contribution in [1.29, 1.82) is 0 Å². The van der Waals surface area contributed by atoms with Crippen LogP contribution in [-0.2, 0) is 4.79 Å². The van der Waals surface area contributed by atoms with Crippen molar-refractivity contribution in [3.05, 3.63) is 24.0 Å². The molecule has 4 heteroatoms. The van der Waals surface area contributed by atoms with E-state index in [2.05, 4.69) is 17.1 Å². The molecule has 120 valence electrons. The van der Waals surface area contributed by atoms with E-state index in [1.165, 1.54) is 12.5 Å². The average Bonchev–Trinajstić information content (AvgIpc) is 3.01. The lowest BCUT2D eigenvalue weighted by Crippen LogP contribution is -2.34. The molecule has 3 nitrogen and oxygen atoms in total. The smallest absolute Gasteiger partial charge is 0.227 e. The van der Waals surface area contributed by atoms with Crippen LogP contribution in [0.2, 0.25) is 0 Å². The quantitative estimate of drug-likeness (QED) is 0.908. The van der Waals surface area contributed by atoms with Gasteiger partial charge in [0.15, 0.2) is 0 Å². The van der Waals surface area contributed by atoms with Gasteiger partial charge in [0.1, 0.15) is 5.82 Å². The van der Waals surface area contributed by atoms with E-state index in [9.17, 15) is 9.18 Å². The molecule has 1 saturated carbocycles. The normalized spacial score (nSPS) is 22.8. The zero-order valence-electron chi connectivity index (χ0n) is 13.3. The van der Waals surface area contributed by atoms with Crippen LogP contribution in [0.3, 0.4) is 0 Å². The van der Waals surface area contributed by atoms with E-state index in [1.54, 1.807) is 6.07 Å². The first-order chi connectivity index (χ1) is 10.6. The molecular weight excluding hydrogens is 279 g/mol. The molecule has 1 saturated heterocycles. The Balaban J connectivity index is 1.67. The second-order valence-electron chi connectivity index (χ2n) is 6.83. The topological polar surface area (TPSA) is 32.3 Å². The van der Waals surface area contributed by atoms with Gasteiger partial charge in [0.25, 0.3) is 0 Å². The van der Waals surface area contributed by atoms with Gasteiger partial charge in [-0.2, -0.15) is 0 Å². The molecule has 1 heterocycles. The van der Waals surface area contributed by atoms with Gasteiger partial charge in [-0.3, -0.25) is 4.79 Å². The molecule has 1 unspecified atom stereocenters. The van der Waals surface area contributed by atoms with E-state index in [4.69, 9.17) is 0 Å². The van der Waals surface area contributed by atoms with Gasteiger partial charge in [-0.25, -0.2) is 4.39 Å². The third-order valence-corrected chi connectivity index (χ3v) is 4.94. The standard InChI is InChI=1S/C18H25FN2O/c1-13-5-4-10-21(12-13)17-9-8-15(11-16(17)19)20-18(22)14-6-2-3-7-14/h8-9,11,13-14H,2-7,10,12H2,1H3,(H,20,22). The fourth-order valence-corrected chi connectivity index (χ4v) is 3.68. The van der Waals surface area contributed by atoms with E-state index in [-0.39, 0.29) is 17.6 Å². The second-order valence-corrected chi connectivity index (χ2v) is 6.83. The molecule has 22 heavy (non-hydrogen) atoms. The van der Waals surface area contributed by atoms with Crippen LogP contribution in [0.5, 0.6) is 0 Å². The monoisotopic (exact) mass is 304 g/mol. The summed E-state index contributed by atoms with van der Waals surface area (Å²) in [6, 6.07) is 5.09. The number of carbonyl (C=O) groups excluding carboxylic acids is 1. The third kappa shape index (κ3) is 3.42. The van der Waals surface area contributed by atoms with Crippen LogP contribution in [-0.4, -0.2) is 19.0 Å². The van der Waals surface area contributed by atoms with E-state index in [0.29, 0.717) is 17.3 Å². The molecule has 1 amide bonds. The number of nitrogens with zero attached hydrogens (tertiary/aromatic N) is 1. The van der Waals surface area contributed by atoms with Crippen molar-refractivity contribution < 1.29 is 9.18 Å². The molecule has 1 atom stereocenters. The van der Waals surface area contributed by atoms with Gasteiger partial charge in [-0.15, -0.1) is 0 Å². The molecule has 0 radical (unpaired) electrons. The summed E-state index contributed by atoms with van der Waals surface area (Å²) in [4.78, 5) is 14.2. The summed E-state index contributed by atoms with van der Waals surface area (Å²) in [6.45, 7) is 4.03. The minimum absolute atomic E-state index is 0.0382.